The van der Waals surface area contributed by atoms with Gasteiger partial charge in [-0.05, 0) is 41.8 Å². The molecule has 122 valence electrons. The summed E-state index contributed by atoms with van der Waals surface area (Å²) in [5, 5.41) is 2.72. The van der Waals surface area contributed by atoms with Crippen LogP contribution in [0.1, 0.15) is 31.8 Å². The van der Waals surface area contributed by atoms with Gasteiger partial charge in [0.2, 0.25) is 0 Å². The van der Waals surface area contributed by atoms with E-state index in [1.165, 1.54) is 11.1 Å². The zero-order valence-corrected chi connectivity index (χ0v) is 13.5. The summed E-state index contributed by atoms with van der Waals surface area (Å²) in [4.78, 5) is 26.4. The molecule has 0 saturated carbocycles. The van der Waals surface area contributed by atoms with Crippen LogP contribution in [0.2, 0.25) is 0 Å². The van der Waals surface area contributed by atoms with Crippen molar-refractivity contribution in [2.45, 2.75) is 13.0 Å². The molecule has 0 fully saturated rings. The first-order chi connectivity index (χ1) is 11.7. The largest absolute Gasteiger partial charge is 0.349 e. The maximum Gasteiger partial charge on any atom is 0.254 e. The van der Waals surface area contributed by atoms with E-state index in [0.717, 1.165) is 13.0 Å². The summed E-state index contributed by atoms with van der Waals surface area (Å²) >= 11 is 0. The minimum absolute atomic E-state index is 0.00236. The Morgan fingerprint density at radius 3 is 2.42 bits per heavy atom. The quantitative estimate of drug-likeness (QED) is 0.881. The molecule has 1 aliphatic rings. The number of carbonyl (C=O) groups excluding carboxylic acids is 2. The average Bonchev–Trinajstić information content (AvgIpc) is 2.65. The second-order valence-corrected chi connectivity index (χ2v) is 5.82. The number of benzene rings is 2. The van der Waals surface area contributed by atoms with Crippen molar-refractivity contribution < 1.29 is 9.59 Å². The first kappa shape index (κ1) is 16.0. The van der Waals surface area contributed by atoms with E-state index in [-0.39, 0.29) is 11.8 Å². The van der Waals surface area contributed by atoms with E-state index in [1.807, 2.05) is 17.0 Å². The van der Waals surface area contributed by atoms with Crippen molar-refractivity contribution in [1.82, 2.24) is 10.2 Å². The van der Waals surface area contributed by atoms with Crippen molar-refractivity contribution in [2.75, 3.05) is 13.1 Å². The van der Waals surface area contributed by atoms with Gasteiger partial charge in [0, 0.05) is 30.8 Å². The molecule has 1 aliphatic heterocycles. The molecular formula is C20H20N2O2. The van der Waals surface area contributed by atoms with Crippen LogP contribution in [0.15, 0.2) is 61.2 Å². The number of amides is 2. The Bertz CT molecular complexity index is 765. The Hall–Kier alpha value is -2.88. The zero-order valence-electron chi connectivity index (χ0n) is 13.5. The van der Waals surface area contributed by atoms with Gasteiger partial charge in [0.1, 0.15) is 0 Å². The Kier molecular flexibility index (Phi) is 4.75. The number of rotatable bonds is 4. The lowest BCUT2D eigenvalue weighted by Gasteiger charge is -2.29. The van der Waals surface area contributed by atoms with Crippen LogP contribution in [0.3, 0.4) is 0 Å². The van der Waals surface area contributed by atoms with E-state index in [9.17, 15) is 9.59 Å². The Morgan fingerprint density at radius 1 is 1.04 bits per heavy atom. The van der Waals surface area contributed by atoms with Crippen molar-refractivity contribution >= 4 is 11.8 Å². The van der Waals surface area contributed by atoms with E-state index in [2.05, 4.69) is 24.0 Å². The fourth-order valence-corrected chi connectivity index (χ4v) is 2.88. The summed E-state index contributed by atoms with van der Waals surface area (Å²) in [6.07, 6.45) is 2.51. The van der Waals surface area contributed by atoms with E-state index >= 15 is 0 Å². The van der Waals surface area contributed by atoms with Crippen molar-refractivity contribution in [1.29, 1.82) is 0 Å². The normalized spacial score (nSPS) is 13.1. The number of hydrogen-bond donors (Lipinski definition) is 1. The smallest absolute Gasteiger partial charge is 0.254 e. The van der Waals surface area contributed by atoms with Gasteiger partial charge in [0.15, 0.2) is 0 Å². The summed E-state index contributed by atoms with van der Waals surface area (Å²) in [5.74, 6) is -0.164. The minimum atomic E-state index is -0.166. The Morgan fingerprint density at radius 2 is 1.71 bits per heavy atom. The molecule has 4 heteroatoms. The fraction of sp³-hybridized carbons (Fsp3) is 0.200. The van der Waals surface area contributed by atoms with Gasteiger partial charge in [0.25, 0.3) is 11.8 Å². The van der Waals surface area contributed by atoms with Crippen molar-refractivity contribution in [3.8, 4) is 0 Å². The predicted molar refractivity (Wildman–Crippen MR) is 93.9 cm³/mol. The van der Waals surface area contributed by atoms with Gasteiger partial charge in [-0.3, -0.25) is 9.59 Å². The lowest BCUT2D eigenvalue weighted by atomic mass is 9.99. The van der Waals surface area contributed by atoms with Gasteiger partial charge < -0.3 is 10.2 Å². The highest BCUT2D eigenvalue weighted by Crippen LogP contribution is 2.20. The number of carbonyl (C=O) groups is 2. The number of hydrogen-bond acceptors (Lipinski definition) is 2. The monoisotopic (exact) mass is 320 g/mol. The third-order valence-electron chi connectivity index (χ3n) is 4.22. The first-order valence-corrected chi connectivity index (χ1v) is 8.04. The fourth-order valence-electron chi connectivity index (χ4n) is 2.88. The minimum Gasteiger partial charge on any atom is -0.349 e. The Balaban J connectivity index is 1.70. The SMILES string of the molecule is C=CCNC(=O)c1ccc(C(=O)N2CCc3ccccc3C2)cc1. The molecule has 2 aromatic rings. The van der Waals surface area contributed by atoms with E-state index in [1.54, 1.807) is 30.3 Å². The molecule has 1 heterocycles. The van der Waals surface area contributed by atoms with Gasteiger partial charge in [0.05, 0.1) is 0 Å². The molecule has 0 aliphatic carbocycles. The highest BCUT2D eigenvalue weighted by Gasteiger charge is 2.21. The number of nitrogens with one attached hydrogen (secondary N) is 1. The van der Waals surface area contributed by atoms with Crippen LogP contribution in [0, 0.1) is 0 Å². The predicted octanol–water partition coefficient (Wildman–Crippen LogP) is 2.80. The molecule has 3 rings (SSSR count). The van der Waals surface area contributed by atoms with Crippen LogP contribution in [0.4, 0.5) is 0 Å². The average molecular weight is 320 g/mol. The van der Waals surface area contributed by atoms with Gasteiger partial charge in [-0.25, -0.2) is 0 Å². The maximum absolute atomic E-state index is 12.7. The van der Waals surface area contributed by atoms with Crippen molar-refractivity contribution in [3.05, 3.63) is 83.4 Å². The molecule has 4 nitrogen and oxygen atoms in total. The third-order valence-corrected chi connectivity index (χ3v) is 4.22. The van der Waals surface area contributed by atoms with Crippen LogP contribution in [-0.2, 0) is 13.0 Å². The summed E-state index contributed by atoms with van der Waals surface area (Å²) in [7, 11) is 0. The summed E-state index contributed by atoms with van der Waals surface area (Å²) in [6.45, 7) is 5.35. The van der Waals surface area contributed by atoms with E-state index in [0.29, 0.717) is 24.2 Å². The van der Waals surface area contributed by atoms with E-state index < -0.39 is 0 Å². The molecule has 1 N–H and O–H groups in total. The van der Waals surface area contributed by atoms with E-state index in [4.69, 9.17) is 0 Å². The maximum atomic E-state index is 12.7. The van der Waals surface area contributed by atoms with Crippen LogP contribution in [0.25, 0.3) is 0 Å². The summed E-state index contributed by atoms with van der Waals surface area (Å²) in [6, 6.07) is 15.0. The highest BCUT2D eigenvalue weighted by atomic mass is 16.2. The highest BCUT2D eigenvalue weighted by molar-refractivity contribution is 5.97. The lowest BCUT2D eigenvalue weighted by molar-refractivity contribution is 0.0734. The second-order valence-electron chi connectivity index (χ2n) is 5.82. The molecular weight excluding hydrogens is 300 g/mol. The summed E-state index contributed by atoms with van der Waals surface area (Å²) < 4.78 is 0. The molecule has 0 aromatic heterocycles. The second kappa shape index (κ2) is 7.13. The molecule has 0 bridgehead atoms. The van der Waals surface area contributed by atoms with Crippen LogP contribution < -0.4 is 5.32 Å². The molecule has 0 spiro atoms. The summed E-state index contributed by atoms with van der Waals surface area (Å²) in [5.41, 5.74) is 3.67. The molecule has 0 saturated heterocycles. The van der Waals surface area contributed by atoms with Crippen molar-refractivity contribution in [3.63, 3.8) is 0 Å². The Labute approximate surface area is 141 Å². The molecule has 0 radical (unpaired) electrons. The molecule has 2 aromatic carbocycles. The number of fused-ring (bicyclic) bond motifs is 1. The standard InChI is InChI=1S/C20H20N2O2/c1-2-12-21-19(23)16-7-9-17(10-8-16)20(24)22-13-11-15-5-3-4-6-18(15)14-22/h2-10H,1,11-14H2,(H,21,23). The zero-order chi connectivity index (χ0) is 16.9. The molecule has 0 unspecified atom stereocenters. The molecule has 24 heavy (non-hydrogen) atoms. The van der Waals surface area contributed by atoms with Crippen molar-refractivity contribution in [2.24, 2.45) is 0 Å². The van der Waals surface area contributed by atoms with Gasteiger partial charge in [-0.1, -0.05) is 30.3 Å². The van der Waals surface area contributed by atoms with Crippen LogP contribution in [0.5, 0.6) is 0 Å². The molecule has 0 atom stereocenters. The first-order valence-electron chi connectivity index (χ1n) is 8.04. The third kappa shape index (κ3) is 3.38. The topological polar surface area (TPSA) is 49.4 Å². The number of nitrogens with zero attached hydrogens (tertiary/aromatic N) is 1. The molecule has 2 amide bonds. The van der Waals surface area contributed by atoms with Gasteiger partial charge in [-0.15, -0.1) is 6.58 Å². The van der Waals surface area contributed by atoms with Crippen LogP contribution in [-0.4, -0.2) is 29.8 Å². The van der Waals surface area contributed by atoms with Gasteiger partial charge >= 0.3 is 0 Å². The lowest BCUT2D eigenvalue weighted by Crippen LogP contribution is -2.35. The van der Waals surface area contributed by atoms with Crippen LogP contribution >= 0.6 is 0 Å². The van der Waals surface area contributed by atoms with Gasteiger partial charge in [-0.2, -0.15) is 0 Å².